The van der Waals surface area contributed by atoms with Crippen molar-refractivity contribution in [1.29, 1.82) is 0 Å². The van der Waals surface area contributed by atoms with E-state index in [1.54, 1.807) is 38.4 Å². The van der Waals surface area contributed by atoms with E-state index in [0.717, 1.165) is 12.8 Å². The molecule has 104 valence electrons. The number of anilines is 1. The molecule has 0 aromatic heterocycles. The van der Waals surface area contributed by atoms with E-state index in [0.29, 0.717) is 23.6 Å². The molecule has 0 spiro atoms. The predicted octanol–water partition coefficient (Wildman–Crippen LogP) is 2.74. The molecule has 4 nitrogen and oxygen atoms in total. The number of rotatable bonds is 6. The quantitative estimate of drug-likeness (QED) is 0.644. The smallest absolute Gasteiger partial charge is 0.253 e. The summed E-state index contributed by atoms with van der Waals surface area (Å²) >= 11 is 5.55. The van der Waals surface area contributed by atoms with Crippen molar-refractivity contribution in [2.24, 2.45) is 0 Å². The summed E-state index contributed by atoms with van der Waals surface area (Å²) in [5, 5.41) is 2.79. The first-order valence-electron chi connectivity index (χ1n) is 6.22. The molecule has 1 rings (SSSR count). The van der Waals surface area contributed by atoms with Gasteiger partial charge in [-0.2, -0.15) is 0 Å². The summed E-state index contributed by atoms with van der Waals surface area (Å²) < 4.78 is 0. The number of halogens is 1. The van der Waals surface area contributed by atoms with Crippen LogP contribution in [0.3, 0.4) is 0 Å². The Morgan fingerprint density at radius 2 is 1.79 bits per heavy atom. The van der Waals surface area contributed by atoms with E-state index in [2.05, 4.69) is 5.32 Å². The molecule has 2 amide bonds. The van der Waals surface area contributed by atoms with Crippen LogP contribution in [0.15, 0.2) is 24.3 Å². The monoisotopic (exact) mass is 282 g/mol. The van der Waals surface area contributed by atoms with Gasteiger partial charge in [-0.05, 0) is 37.1 Å². The Bertz CT molecular complexity index is 430. The molecule has 0 bridgehead atoms. The lowest BCUT2D eigenvalue weighted by molar-refractivity contribution is -0.116. The highest BCUT2D eigenvalue weighted by atomic mass is 35.5. The predicted molar refractivity (Wildman–Crippen MR) is 77.7 cm³/mol. The van der Waals surface area contributed by atoms with Gasteiger partial charge < -0.3 is 10.2 Å². The Balaban J connectivity index is 2.52. The largest absolute Gasteiger partial charge is 0.345 e. The fourth-order valence-electron chi connectivity index (χ4n) is 1.56. The van der Waals surface area contributed by atoms with Gasteiger partial charge in [-0.15, -0.1) is 11.6 Å². The topological polar surface area (TPSA) is 49.4 Å². The van der Waals surface area contributed by atoms with Crippen molar-refractivity contribution in [1.82, 2.24) is 4.90 Å². The molecule has 0 aliphatic rings. The molecule has 0 radical (unpaired) electrons. The fourth-order valence-corrected chi connectivity index (χ4v) is 1.75. The number of nitrogens with zero attached hydrogens (tertiary/aromatic N) is 1. The molecule has 0 saturated carbocycles. The number of unbranched alkanes of at least 4 members (excludes halogenated alkanes) is 1. The molecule has 0 saturated heterocycles. The lowest BCUT2D eigenvalue weighted by Crippen LogP contribution is -2.21. The van der Waals surface area contributed by atoms with Crippen molar-refractivity contribution in [2.75, 3.05) is 25.3 Å². The van der Waals surface area contributed by atoms with E-state index in [4.69, 9.17) is 11.6 Å². The van der Waals surface area contributed by atoms with Crippen LogP contribution in [0.4, 0.5) is 5.69 Å². The first-order chi connectivity index (χ1) is 9.04. The molecule has 0 aliphatic carbocycles. The Labute approximate surface area is 118 Å². The van der Waals surface area contributed by atoms with E-state index in [1.807, 2.05) is 0 Å². The average molecular weight is 283 g/mol. The number of nitrogens with one attached hydrogen (secondary N) is 1. The van der Waals surface area contributed by atoms with Crippen LogP contribution in [-0.4, -0.2) is 36.7 Å². The van der Waals surface area contributed by atoms with Gasteiger partial charge in [0, 0.05) is 37.6 Å². The zero-order valence-electron chi connectivity index (χ0n) is 11.3. The van der Waals surface area contributed by atoms with Gasteiger partial charge in [0.15, 0.2) is 0 Å². The Kier molecular flexibility index (Phi) is 6.36. The molecule has 0 unspecified atom stereocenters. The van der Waals surface area contributed by atoms with Crippen LogP contribution in [0.25, 0.3) is 0 Å². The summed E-state index contributed by atoms with van der Waals surface area (Å²) in [6, 6.07) is 6.87. The van der Waals surface area contributed by atoms with Gasteiger partial charge in [-0.25, -0.2) is 0 Å². The van der Waals surface area contributed by atoms with Crippen molar-refractivity contribution < 1.29 is 9.59 Å². The lowest BCUT2D eigenvalue weighted by Gasteiger charge is -2.11. The third-order valence-corrected chi connectivity index (χ3v) is 2.88. The first-order valence-corrected chi connectivity index (χ1v) is 6.75. The minimum absolute atomic E-state index is 0.0307. The van der Waals surface area contributed by atoms with Crippen molar-refractivity contribution in [3.8, 4) is 0 Å². The number of carbonyl (C=O) groups is 2. The highest BCUT2D eigenvalue weighted by molar-refractivity contribution is 6.17. The summed E-state index contributed by atoms with van der Waals surface area (Å²) in [5.41, 5.74) is 1.30. The summed E-state index contributed by atoms with van der Waals surface area (Å²) in [6.07, 6.45) is 2.09. The molecule has 5 heteroatoms. The minimum atomic E-state index is -0.0556. The van der Waals surface area contributed by atoms with Crippen LogP contribution < -0.4 is 5.32 Å². The zero-order chi connectivity index (χ0) is 14.3. The van der Waals surface area contributed by atoms with Crippen molar-refractivity contribution in [3.05, 3.63) is 29.8 Å². The minimum Gasteiger partial charge on any atom is -0.345 e. The van der Waals surface area contributed by atoms with Gasteiger partial charge in [-0.1, -0.05) is 0 Å². The van der Waals surface area contributed by atoms with Crippen LogP contribution in [-0.2, 0) is 4.79 Å². The highest BCUT2D eigenvalue weighted by Crippen LogP contribution is 2.11. The van der Waals surface area contributed by atoms with Crippen LogP contribution in [0.1, 0.15) is 29.6 Å². The molecule has 0 fully saturated rings. The molecular weight excluding hydrogens is 264 g/mol. The van der Waals surface area contributed by atoms with E-state index in [9.17, 15) is 9.59 Å². The van der Waals surface area contributed by atoms with Crippen LogP contribution in [0.2, 0.25) is 0 Å². The van der Waals surface area contributed by atoms with Gasteiger partial charge in [-0.3, -0.25) is 9.59 Å². The van der Waals surface area contributed by atoms with E-state index < -0.39 is 0 Å². The normalized spacial score (nSPS) is 10.1. The molecule has 19 heavy (non-hydrogen) atoms. The van der Waals surface area contributed by atoms with Crippen molar-refractivity contribution >= 4 is 29.1 Å². The summed E-state index contributed by atoms with van der Waals surface area (Å²) in [5.74, 6) is 0.492. The van der Waals surface area contributed by atoms with Crippen LogP contribution >= 0.6 is 11.6 Å². The van der Waals surface area contributed by atoms with Gasteiger partial charge in [0.05, 0.1) is 0 Å². The lowest BCUT2D eigenvalue weighted by atomic mass is 10.2. The maximum absolute atomic E-state index is 11.7. The van der Waals surface area contributed by atoms with Crippen LogP contribution in [0, 0.1) is 0 Å². The Morgan fingerprint density at radius 1 is 1.16 bits per heavy atom. The maximum Gasteiger partial charge on any atom is 0.253 e. The molecule has 1 aromatic carbocycles. The van der Waals surface area contributed by atoms with Gasteiger partial charge in [0.2, 0.25) is 5.91 Å². The average Bonchev–Trinajstić information content (AvgIpc) is 2.39. The SMILES string of the molecule is CN(C)C(=O)c1ccc(NC(=O)CCCCCl)cc1. The summed E-state index contributed by atoms with van der Waals surface area (Å²) in [6.45, 7) is 0. The first kappa shape index (κ1) is 15.5. The standard InChI is InChI=1S/C14H19ClN2O2/c1-17(2)14(19)11-6-8-12(9-7-11)16-13(18)5-3-4-10-15/h6-9H,3-5,10H2,1-2H3,(H,16,18). The number of alkyl halides is 1. The zero-order valence-corrected chi connectivity index (χ0v) is 12.0. The number of hydrogen-bond acceptors (Lipinski definition) is 2. The van der Waals surface area contributed by atoms with Crippen molar-refractivity contribution in [3.63, 3.8) is 0 Å². The molecule has 0 aliphatic heterocycles. The van der Waals surface area contributed by atoms with Gasteiger partial charge in [0.25, 0.3) is 5.91 Å². The van der Waals surface area contributed by atoms with E-state index in [-0.39, 0.29) is 11.8 Å². The molecular formula is C14H19ClN2O2. The maximum atomic E-state index is 11.7. The third-order valence-electron chi connectivity index (χ3n) is 2.61. The number of benzene rings is 1. The summed E-state index contributed by atoms with van der Waals surface area (Å²) in [4.78, 5) is 24.8. The molecule has 0 atom stereocenters. The Morgan fingerprint density at radius 3 is 2.32 bits per heavy atom. The summed E-state index contributed by atoms with van der Waals surface area (Å²) in [7, 11) is 3.41. The molecule has 1 aromatic rings. The second-order valence-electron chi connectivity index (χ2n) is 4.47. The highest BCUT2D eigenvalue weighted by Gasteiger charge is 2.08. The van der Waals surface area contributed by atoms with Gasteiger partial charge >= 0.3 is 0 Å². The number of carbonyl (C=O) groups excluding carboxylic acids is 2. The van der Waals surface area contributed by atoms with E-state index >= 15 is 0 Å². The number of hydrogen-bond donors (Lipinski definition) is 1. The second-order valence-corrected chi connectivity index (χ2v) is 4.85. The molecule has 0 heterocycles. The van der Waals surface area contributed by atoms with Crippen LogP contribution in [0.5, 0.6) is 0 Å². The molecule has 1 N–H and O–H groups in total. The third kappa shape index (κ3) is 5.30. The van der Waals surface area contributed by atoms with Gasteiger partial charge in [0.1, 0.15) is 0 Å². The second kappa shape index (κ2) is 7.79. The van der Waals surface area contributed by atoms with E-state index in [1.165, 1.54) is 4.90 Å². The fraction of sp³-hybridized carbons (Fsp3) is 0.429. The Hall–Kier alpha value is -1.55. The number of amides is 2. The van der Waals surface area contributed by atoms with Crippen molar-refractivity contribution in [2.45, 2.75) is 19.3 Å².